The Morgan fingerprint density at radius 1 is 0.896 bits per heavy atom. The first kappa shape index (κ1) is 38.0. The van der Waals surface area contributed by atoms with E-state index < -0.39 is 23.8 Å². The van der Waals surface area contributed by atoms with Gasteiger partial charge < -0.3 is 27.4 Å². The summed E-state index contributed by atoms with van der Waals surface area (Å²) in [6.45, 7) is 3.02. The molecule has 0 aromatic heterocycles. The molecule has 0 fully saturated rings. The second-order valence-electron chi connectivity index (χ2n) is 11.6. The summed E-state index contributed by atoms with van der Waals surface area (Å²) in [7, 11) is 1.61. The number of nitrogens with one attached hydrogen (secondary N) is 4. The highest BCUT2D eigenvalue weighted by Gasteiger charge is 2.31. The number of nitrogens with zero attached hydrogens (tertiary/aromatic N) is 1. The number of nitrogens with two attached hydrogens (primary N) is 2. The maximum absolute atomic E-state index is 13.6. The Hall–Kier alpha value is -4.46. The SMILES string of the molecule is Cc1ccccc1NN(C)C(=O)[C@H](CCCCN)NC(=O)[C@H](CCCN)NCc1cccc(-c2cc(C(F)(F)F)ccc2CNC=O)c1. The van der Waals surface area contributed by atoms with Crippen LogP contribution in [0.3, 0.4) is 0 Å². The van der Waals surface area contributed by atoms with Crippen molar-refractivity contribution in [3.63, 3.8) is 0 Å². The number of hydrogen-bond donors (Lipinski definition) is 6. The van der Waals surface area contributed by atoms with Crippen molar-refractivity contribution in [2.75, 3.05) is 25.6 Å². The van der Waals surface area contributed by atoms with Gasteiger partial charge in [0.2, 0.25) is 12.3 Å². The summed E-state index contributed by atoms with van der Waals surface area (Å²) in [6.07, 6.45) is -1.38. The second kappa shape index (κ2) is 18.8. The van der Waals surface area contributed by atoms with Gasteiger partial charge in [-0.15, -0.1) is 0 Å². The molecule has 3 aromatic carbocycles. The number of halogens is 3. The summed E-state index contributed by atoms with van der Waals surface area (Å²) in [5.74, 6) is -0.676. The van der Waals surface area contributed by atoms with Gasteiger partial charge in [-0.05, 0) is 104 Å². The molecule has 48 heavy (non-hydrogen) atoms. The van der Waals surface area contributed by atoms with Crippen LogP contribution in [0.5, 0.6) is 0 Å². The number of para-hydroxylation sites is 1. The van der Waals surface area contributed by atoms with Crippen LogP contribution in [-0.2, 0) is 33.6 Å². The average Bonchev–Trinajstić information content (AvgIpc) is 3.07. The highest BCUT2D eigenvalue weighted by atomic mass is 19.4. The van der Waals surface area contributed by atoms with E-state index in [9.17, 15) is 27.6 Å². The predicted octanol–water partition coefficient (Wildman–Crippen LogP) is 4.22. The first-order valence-electron chi connectivity index (χ1n) is 16.0. The van der Waals surface area contributed by atoms with Gasteiger partial charge >= 0.3 is 6.18 Å². The minimum absolute atomic E-state index is 0.0572. The summed E-state index contributed by atoms with van der Waals surface area (Å²) in [6, 6.07) is 16.4. The monoisotopic (exact) mass is 669 g/mol. The average molecular weight is 670 g/mol. The first-order valence-corrected chi connectivity index (χ1v) is 16.0. The van der Waals surface area contributed by atoms with Crippen molar-refractivity contribution in [3.05, 3.63) is 89.0 Å². The Kier molecular flexibility index (Phi) is 14.9. The summed E-state index contributed by atoms with van der Waals surface area (Å²) < 4.78 is 40.7. The molecule has 260 valence electrons. The zero-order valence-corrected chi connectivity index (χ0v) is 27.4. The lowest BCUT2D eigenvalue weighted by molar-refractivity contribution is -0.137. The molecular weight excluding hydrogens is 623 g/mol. The number of anilines is 1. The number of carbonyl (C=O) groups excluding carboxylic acids is 3. The largest absolute Gasteiger partial charge is 0.416 e. The van der Waals surface area contributed by atoms with Crippen molar-refractivity contribution in [3.8, 4) is 11.1 Å². The number of likely N-dealkylation sites (N-methyl/N-ethyl adjacent to an activating group) is 1. The molecule has 10 nitrogen and oxygen atoms in total. The van der Waals surface area contributed by atoms with E-state index in [2.05, 4.69) is 21.4 Å². The predicted molar refractivity (Wildman–Crippen MR) is 181 cm³/mol. The van der Waals surface area contributed by atoms with Crippen molar-refractivity contribution in [1.29, 1.82) is 0 Å². The van der Waals surface area contributed by atoms with Crippen molar-refractivity contribution >= 4 is 23.9 Å². The van der Waals surface area contributed by atoms with Crippen LogP contribution in [0, 0.1) is 6.92 Å². The number of amides is 3. The van der Waals surface area contributed by atoms with Crippen LogP contribution in [0.4, 0.5) is 18.9 Å². The molecule has 13 heteroatoms. The maximum Gasteiger partial charge on any atom is 0.416 e. The molecule has 3 amide bonds. The third-order valence-electron chi connectivity index (χ3n) is 7.94. The lowest BCUT2D eigenvalue weighted by Gasteiger charge is -2.28. The van der Waals surface area contributed by atoms with Gasteiger partial charge in [-0.3, -0.25) is 24.8 Å². The van der Waals surface area contributed by atoms with E-state index in [4.69, 9.17) is 11.5 Å². The molecule has 0 bridgehead atoms. The topological polar surface area (TPSA) is 155 Å². The van der Waals surface area contributed by atoms with Crippen LogP contribution in [0.15, 0.2) is 66.7 Å². The molecule has 0 saturated carbocycles. The highest BCUT2D eigenvalue weighted by Crippen LogP contribution is 2.34. The Bertz CT molecular complexity index is 1500. The zero-order chi connectivity index (χ0) is 35.1. The fraction of sp³-hybridized carbons (Fsp3) is 0.400. The molecule has 0 radical (unpaired) electrons. The van der Waals surface area contributed by atoms with E-state index in [0.29, 0.717) is 68.3 Å². The van der Waals surface area contributed by atoms with Gasteiger partial charge in [-0.2, -0.15) is 13.2 Å². The van der Waals surface area contributed by atoms with Crippen LogP contribution in [0.2, 0.25) is 0 Å². The smallest absolute Gasteiger partial charge is 0.355 e. The summed E-state index contributed by atoms with van der Waals surface area (Å²) in [4.78, 5) is 38.1. The van der Waals surface area contributed by atoms with Gasteiger partial charge in [0.05, 0.1) is 17.3 Å². The van der Waals surface area contributed by atoms with E-state index in [1.807, 2.05) is 31.2 Å². The molecule has 0 aliphatic rings. The van der Waals surface area contributed by atoms with Gasteiger partial charge in [0.1, 0.15) is 6.04 Å². The Morgan fingerprint density at radius 2 is 1.62 bits per heavy atom. The fourth-order valence-electron chi connectivity index (χ4n) is 5.26. The van der Waals surface area contributed by atoms with Crippen molar-refractivity contribution < 1.29 is 27.6 Å². The minimum atomic E-state index is -4.54. The molecule has 2 atom stereocenters. The number of rotatable bonds is 19. The second-order valence-corrected chi connectivity index (χ2v) is 11.6. The highest BCUT2D eigenvalue weighted by molar-refractivity contribution is 5.90. The number of unbranched alkanes of at least 4 members (excludes halogenated alkanes) is 1. The third-order valence-corrected chi connectivity index (χ3v) is 7.94. The van der Waals surface area contributed by atoms with Gasteiger partial charge in [-0.25, -0.2) is 0 Å². The van der Waals surface area contributed by atoms with Gasteiger partial charge in [0.25, 0.3) is 5.91 Å². The zero-order valence-electron chi connectivity index (χ0n) is 27.4. The van der Waals surface area contributed by atoms with Gasteiger partial charge in [0, 0.05) is 20.1 Å². The Morgan fingerprint density at radius 3 is 2.31 bits per heavy atom. The third kappa shape index (κ3) is 11.4. The minimum Gasteiger partial charge on any atom is -0.355 e. The van der Waals surface area contributed by atoms with E-state index >= 15 is 0 Å². The van der Waals surface area contributed by atoms with Gasteiger partial charge in [-0.1, -0.05) is 42.5 Å². The van der Waals surface area contributed by atoms with E-state index in [0.717, 1.165) is 28.9 Å². The number of benzene rings is 3. The van der Waals surface area contributed by atoms with Crippen LogP contribution < -0.4 is 32.8 Å². The number of alkyl halides is 3. The molecule has 0 aliphatic heterocycles. The van der Waals surface area contributed by atoms with Crippen LogP contribution in [-0.4, -0.2) is 55.5 Å². The normalized spacial score (nSPS) is 12.6. The standard InChI is InChI=1S/C35H46F3N7O3/c1-24-9-3-4-12-30(24)44-45(2)34(48)32(13-5-6-17-39)43-33(47)31(14-8-18-40)42-21-25-10-7-11-26(19-25)29-20-28(35(36,37)38)16-15-27(29)22-41-23-46/h3-4,7,9-12,15-16,19-20,23,31-32,42,44H,5-6,8,13-14,17-18,21-22,39-40H2,1-2H3,(H,41,46)(H,43,47)/t31-,32-/m0/s1. The molecule has 0 aliphatic carbocycles. The Balaban J connectivity index is 1.79. The molecular formula is C35H46F3N7O3. The van der Waals surface area contributed by atoms with E-state index in [1.54, 1.807) is 31.3 Å². The lowest BCUT2D eigenvalue weighted by atomic mass is 9.95. The quantitative estimate of drug-likeness (QED) is 0.0635. The number of aryl methyl sites for hydroxylation is 1. The number of hydrogen-bond acceptors (Lipinski definition) is 7. The number of carbonyl (C=O) groups is 3. The van der Waals surface area contributed by atoms with Crippen LogP contribution in [0.25, 0.3) is 11.1 Å². The summed E-state index contributed by atoms with van der Waals surface area (Å²) >= 11 is 0. The maximum atomic E-state index is 13.6. The summed E-state index contributed by atoms with van der Waals surface area (Å²) in [5.41, 5.74) is 17.6. The lowest BCUT2D eigenvalue weighted by Crippen LogP contribution is -2.53. The molecule has 3 aromatic rings. The van der Waals surface area contributed by atoms with E-state index in [1.165, 1.54) is 11.1 Å². The van der Waals surface area contributed by atoms with E-state index in [-0.39, 0.29) is 24.9 Å². The molecule has 0 saturated heterocycles. The molecule has 0 unspecified atom stereocenters. The summed E-state index contributed by atoms with van der Waals surface area (Å²) in [5, 5.41) is 10.1. The molecule has 0 spiro atoms. The van der Waals surface area contributed by atoms with Crippen molar-refractivity contribution in [1.82, 2.24) is 21.0 Å². The molecule has 0 heterocycles. The Labute approximate surface area is 279 Å². The molecule has 3 rings (SSSR count). The molecule has 8 N–H and O–H groups in total. The van der Waals surface area contributed by atoms with Crippen molar-refractivity contribution in [2.24, 2.45) is 11.5 Å². The number of hydrazine groups is 1. The fourth-order valence-corrected chi connectivity index (χ4v) is 5.26. The van der Waals surface area contributed by atoms with Crippen LogP contribution >= 0.6 is 0 Å². The first-order chi connectivity index (χ1) is 23.0. The van der Waals surface area contributed by atoms with Gasteiger partial charge in [0.15, 0.2) is 0 Å². The van der Waals surface area contributed by atoms with Crippen LogP contribution in [0.1, 0.15) is 54.4 Å². The van der Waals surface area contributed by atoms with Crippen molar-refractivity contribution in [2.45, 2.75) is 70.4 Å².